The van der Waals surface area contributed by atoms with E-state index < -0.39 is 0 Å². The molecule has 1 heterocycles. The van der Waals surface area contributed by atoms with Crippen molar-refractivity contribution in [3.63, 3.8) is 0 Å². The van der Waals surface area contributed by atoms with Gasteiger partial charge < -0.3 is 10.5 Å². The number of ether oxygens (including phenoxy) is 1. The highest BCUT2D eigenvalue weighted by atomic mass is 16.5. The molecule has 0 aliphatic heterocycles. The molecule has 0 fully saturated rings. The number of nitrogens with zero attached hydrogens (tertiary/aromatic N) is 2. The number of hydrogen-bond acceptors (Lipinski definition) is 4. The summed E-state index contributed by atoms with van der Waals surface area (Å²) in [6.07, 6.45) is 1.57. The second-order valence-electron chi connectivity index (χ2n) is 4.04. The minimum Gasteiger partial charge on any atom is -0.497 e. The maximum atomic E-state index is 12.3. The number of amides is 1. The number of anilines is 2. The van der Waals surface area contributed by atoms with E-state index in [0.717, 1.165) is 0 Å². The minimum absolute atomic E-state index is 0.152. The standard InChI is InChI=1S/C14H15N3O2/c1-17(13-9-11(15)7-8-16-13)14(18)10-3-5-12(19-2)6-4-10/h3-9H,1-2H3,(H2,15,16). The second kappa shape index (κ2) is 5.39. The maximum absolute atomic E-state index is 12.3. The zero-order chi connectivity index (χ0) is 13.8. The predicted octanol–water partition coefficient (Wildman–Crippen LogP) is 1.95. The number of pyridine rings is 1. The van der Waals surface area contributed by atoms with E-state index >= 15 is 0 Å². The first kappa shape index (κ1) is 12.9. The van der Waals surface area contributed by atoms with Gasteiger partial charge >= 0.3 is 0 Å². The Labute approximate surface area is 111 Å². The van der Waals surface area contributed by atoms with Gasteiger partial charge in [-0.3, -0.25) is 9.69 Å². The zero-order valence-electron chi connectivity index (χ0n) is 10.8. The molecule has 1 amide bonds. The largest absolute Gasteiger partial charge is 0.497 e. The van der Waals surface area contributed by atoms with Crippen LogP contribution in [0.15, 0.2) is 42.6 Å². The number of hydrogen-bond donors (Lipinski definition) is 1. The summed E-state index contributed by atoms with van der Waals surface area (Å²) < 4.78 is 5.06. The van der Waals surface area contributed by atoms with Crippen molar-refractivity contribution in [1.29, 1.82) is 0 Å². The maximum Gasteiger partial charge on any atom is 0.259 e. The van der Waals surface area contributed by atoms with Gasteiger partial charge in [0.05, 0.1) is 7.11 Å². The SMILES string of the molecule is COc1ccc(C(=O)N(C)c2cc(N)ccn2)cc1. The van der Waals surface area contributed by atoms with Crippen LogP contribution in [0, 0.1) is 0 Å². The number of nitrogen functional groups attached to an aromatic ring is 1. The summed E-state index contributed by atoms with van der Waals surface area (Å²) in [5, 5.41) is 0. The molecule has 2 rings (SSSR count). The fourth-order valence-electron chi connectivity index (χ4n) is 1.65. The molecule has 1 aromatic heterocycles. The number of benzene rings is 1. The Balaban J connectivity index is 2.23. The molecule has 0 saturated carbocycles. The van der Waals surface area contributed by atoms with E-state index in [2.05, 4.69) is 4.98 Å². The molecule has 5 heteroatoms. The monoisotopic (exact) mass is 257 g/mol. The molecule has 2 aromatic rings. The summed E-state index contributed by atoms with van der Waals surface area (Å²) in [5.74, 6) is 1.07. The van der Waals surface area contributed by atoms with Gasteiger partial charge in [-0.25, -0.2) is 4.98 Å². The fraction of sp³-hybridized carbons (Fsp3) is 0.143. The van der Waals surface area contributed by atoms with Crippen molar-refractivity contribution >= 4 is 17.4 Å². The van der Waals surface area contributed by atoms with E-state index in [1.807, 2.05) is 0 Å². The minimum atomic E-state index is -0.152. The highest BCUT2D eigenvalue weighted by Crippen LogP contribution is 2.17. The lowest BCUT2D eigenvalue weighted by Crippen LogP contribution is -2.27. The van der Waals surface area contributed by atoms with Crippen LogP contribution < -0.4 is 15.4 Å². The second-order valence-corrected chi connectivity index (χ2v) is 4.04. The number of carbonyl (C=O) groups excluding carboxylic acids is 1. The first-order valence-electron chi connectivity index (χ1n) is 5.75. The van der Waals surface area contributed by atoms with Crippen LogP contribution in [-0.2, 0) is 0 Å². The van der Waals surface area contributed by atoms with Crippen molar-refractivity contribution in [3.8, 4) is 5.75 Å². The highest BCUT2D eigenvalue weighted by molar-refractivity contribution is 6.05. The molecule has 0 aliphatic rings. The zero-order valence-corrected chi connectivity index (χ0v) is 10.8. The van der Waals surface area contributed by atoms with Gasteiger partial charge in [-0.2, -0.15) is 0 Å². The van der Waals surface area contributed by atoms with E-state index in [0.29, 0.717) is 22.8 Å². The van der Waals surface area contributed by atoms with E-state index in [-0.39, 0.29) is 5.91 Å². The van der Waals surface area contributed by atoms with Crippen molar-refractivity contribution in [2.75, 3.05) is 24.8 Å². The van der Waals surface area contributed by atoms with Crippen molar-refractivity contribution in [1.82, 2.24) is 4.98 Å². The van der Waals surface area contributed by atoms with Gasteiger partial charge in [0, 0.05) is 30.6 Å². The predicted molar refractivity (Wildman–Crippen MR) is 74.4 cm³/mol. The lowest BCUT2D eigenvalue weighted by molar-refractivity contribution is 0.0992. The van der Waals surface area contributed by atoms with Crippen LogP contribution in [0.2, 0.25) is 0 Å². The number of methoxy groups -OCH3 is 1. The quantitative estimate of drug-likeness (QED) is 0.912. The van der Waals surface area contributed by atoms with E-state index in [1.54, 1.807) is 56.8 Å². The van der Waals surface area contributed by atoms with Gasteiger partial charge in [0.2, 0.25) is 0 Å². The molecule has 0 aliphatic carbocycles. The van der Waals surface area contributed by atoms with Crippen LogP contribution in [-0.4, -0.2) is 25.0 Å². The molecule has 0 bridgehead atoms. The van der Waals surface area contributed by atoms with Gasteiger partial charge in [0.1, 0.15) is 11.6 Å². The van der Waals surface area contributed by atoms with Gasteiger partial charge in [-0.15, -0.1) is 0 Å². The molecule has 0 unspecified atom stereocenters. The van der Waals surface area contributed by atoms with Crippen molar-refractivity contribution in [2.24, 2.45) is 0 Å². The van der Waals surface area contributed by atoms with E-state index in [9.17, 15) is 4.79 Å². The lowest BCUT2D eigenvalue weighted by atomic mass is 10.2. The van der Waals surface area contributed by atoms with Crippen LogP contribution in [0.25, 0.3) is 0 Å². The summed E-state index contributed by atoms with van der Waals surface area (Å²) in [5.41, 5.74) is 6.81. The van der Waals surface area contributed by atoms with Crippen LogP contribution in [0.3, 0.4) is 0 Å². The third-order valence-electron chi connectivity index (χ3n) is 2.75. The number of rotatable bonds is 3. The van der Waals surface area contributed by atoms with Crippen LogP contribution in [0.5, 0.6) is 5.75 Å². The summed E-state index contributed by atoms with van der Waals surface area (Å²) in [4.78, 5) is 17.8. The average molecular weight is 257 g/mol. The number of carbonyl (C=O) groups is 1. The Morgan fingerprint density at radius 2 is 1.95 bits per heavy atom. The van der Waals surface area contributed by atoms with Gasteiger partial charge in [-0.1, -0.05) is 0 Å². The summed E-state index contributed by atoms with van der Waals surface area (Å²) in [6, 6.07) is 10.2. The molecular formula is C14H15N3O2. The highest BCUT2D eigenvalue weighted by Gasteiger charge is 2.14. The van der Waals surface area contributed by atoms with Crippen molar-refractivity contribution < 1.29 is 9.53 Å². The van der Waals surface area contributed by atoms with Crippen LogP contribution >= 0.6 is 0 Å². The van der Waals surface area contributed by atoms with Gasteiger partial charge in [0.25, 0.3) is 5.91 Å². The topological polar surface area (TPSA) is 68.5 Å². The summed E-state index contributed by atoms with van der Waals surface area (Å²) in [6.45, 7) is 0. The Kier molecular flexibility index (Phi) is 3.66. The molecule has 0 radical (unpaired) electrons. The number of nitrogens with two attached hydrogens (primary N) is 1. The average Bonchev–Trinajstić information content (AvgIpc) is 2.46. The Bertz CT molecular complexity index is 581. The first-order chi connectivity index (χ1) is 9.11. The van der Waals surface area contributed by atoms with Crippen molar-refractivity contribution in [2.45, 2.75) is 0 Å². The Hall–Kier alpha value is -2.56. The first-order valence-corrected chi connectivity index (χ1v) is 5.75. The molecule has 2 N–H and O–H groups in total. The van der Waals surface area contributed by atoms with E-state index in [4.69, 9.17) is 10.5 Å². The van der Waals surface area contributed by atoms with Gasteiger partial charge in [0.15, 0.2) is 0 Å². The fourth-order valence-corrected chi connectivity index (χ4v) is 1.65. The van der Waals surface area contributed by atoms with E-state index in [1.165, 1.54) is 4.90 Å². The molecule has 0 spiro atoms. The molecular weight excluding hydrogens is 242 g/mol. The molecule has 5 nitrogen and oxygen atoms in total. The number of aromatic nitrogens is 1. The third kappa shape index (κ3) is 2.82. The molecule has 19 heavy (non-hydrogen) atoms. The Morgan fingerprint density at radius 1 is 1.26 bits per heavy atom. The lowest BCUT2D eigenvalue weighted by Gasteiger charge is -2.16. The van der Waals surface area contributed by atoms with Crippen molar-refractivity contribution in [3.05, 3.63) is 48.2 Å². The van der Waals surface area contributed by atoms with Crippen LogP contribution in [0.1, 0.15) is 10.4 Å². The molecule has 0 atom stereocenters. The third-order valence-corrected chi connectivity index (χ3v) is 2.75. The van der Waals surface area contributed by atoms with Gasteiger partial charge in [-0.05, 0) is 30.3 Å². The molecule has 98 valence electrons. The Morgan fingerprint density at radius 3 is 2.53 bits per heavy atom. The normalized spacial score (nSPS) is 10.0. The van der Waals surface area contributed by atoms with Crippen LogP contribution in [0.4, 0.5) is 11.5 Å². The smallest absolute Gasteiger partial charge is 0.259 e. The molecule has 0 saturated heterocycles. The summed E-state index contributed by atoms with van der Waals surface area (Å²) in [7, 11) is 3.24. The molecule has 1 aromatic carbocycles. The summed E-state index contributed by atoms with van der Waals surface area (Å²) >= 11 is 0.